The molecule has 17 heavy (non-hydrogen) atoms. The topological polar surface area (TPSA) is 37.4 Å². The molecule has 0 saturated carbocycles. The molecule has 92 valence electrons. The zero-order valence-electron chi connectivity index (χ0n) is 10.2. The molecule has 0 bridgehead atoms. The fourth-order valence-corrected chi connectivity index (χ4v) is 1.58. The summed E-state index contributed by atoms with van der Waals surface area (Å²) in [5.41, 5.74) is 0.451. The molecule has 1 unspecified atom stereocenters. The Kier molecular flexibility index (Phi) is 4.37. The molecule has 0 N–H and O–H groups in total. The summed E-state index contributed by atoms with van der Waals surface area (Å²) in [6, 6.07) is 5.93. The third-order valence-corrected chi connectivity index (χ3v) is 2.73. The van der Waals surface area contributed by atoms with Gasteiger partial charge in [0.25, 0.3) is 0 Å². The zero-order chi connectivity index (χ0) is 13.0. The van der Waals surface area contributed by atoms with Gasteiger partial charge in [0.05, 0.1) is 12.5 Å². The number of carbonyl (C=O) groups is 2. The monoisotopic (exact) mass is 237 g/mol. The molecule has 1 aromatic rings. The van der Waals surface area contributed by atoms with Crippen molar-refractivity contribution < 1.29 is 14.0 Å². The van der Waals surface area contributed by atoms with Gasteiger partial charge in [-0.25, -0.2) is 4.39 Å². The molecule has 1 aromatic carbocycles. The van der Waals surface area contributed by atoms with Gasteiger partial charge in [0.2, 0.25) is 5.91 Å². The second-order valence-corrected chi connectivity index (χ2v) is 4.08. The van der Waals surface area contributed by atoms with Crippen LogP contribution in [0.5, 0.6) is 0 Å². The molecule has 0 fully saturated rings. The minimum Gasteiger partial charge on any atom is -0.339 e. The van der Waals surface area contributed by atoms with Crippen molar-refractivity contribution in [1.29, 1.82) is 0 Å². The van der Waals surface area contributed by atoms with Crippen molar-refractivity contribution >= 4 is 11.7 Å². The third-order valence-electron chi connectivity index (χ3n) is 2.73. The van der Waals surface area contributed by atoms with Crippen LogP contribution in [0.15, 0.2) is 24.3 Å². The van der Waals surface area contributed by atoms with Gasteiger partial charge in [-0.15, -0.1) is 0 Å². The van der Waals surface area contributed by atoms with Crippen LogP contribution in [0.2, 0.25) is 0 Å². The number of ketones is 1. The molecule has 4 heteroatoms. The minimum absolute atomic E-state index is 0.144. The Balaban J connectivity index is 2.83. The number of halogens is 1. The second kappa shape index (κ2) is 5.57. The Morgan fingerprint density at radius 1 is 1.35 bits per heavy atom. The van der Waals surface area contributed by atoms with Gasteiger partial charge in [-0.3, -0.25) is 9.59 Å². The lowest BCUT2D eigenvalue weighted by Crippen LogP contribution is -2.31. The van der Waals surface area contributed by atoms with E-state index in [4.69, 9.17) is 0 Å². The Morgan fingerprint density at radius 2 is 1.94 bits per heavy atom. The van der Waals surface area contributed by atoms with Gasteiger partial charge in [0.1, 0.15) is 11.6 Å². The van der Waals surface area contributed by atoms with Crippen molar-refractivity contribution in [2.75, 3.05) is 7.05 Å². The quantitative estimate of drug-likeness (QED) is 0.754. The maximum Gasteiger partial charge on any atom is 0.230 e. The normalized spacial score (nSPS) is 12.0. The number of hydrogen-bond acceptors (Lipinski definition) is 2. The Morgan fingerprint density at radius 3 is 2.47 bits per heavy atom. The molecule has 0 saturated heterocycles. The van der Waals surface area contributed by atoms with Crippen molar-refractivity contribution in [3.63, 3.8) is 0 Å². The van der Waals surface area contributed by atoms with E-state index in [1.54, 1.807) is 32.2 Å². The highest BCUT2D eigenvalue weighted by atomic mass is 19.1. The molecule has 0 aliphatic carbocycles. The number of carbonyl (C=O) groups excluding carboxylic acids is 2. The standard InChI is InChI=1S/C13H16FNO2/c1-9(16)8-13(17)15(3)10(2)11-6-4-5-7-12(11)14/h4-7,10H,8H2,1-3H3. The molecule has 0 aliphatic heterocycles. The highest BCUT2D eigenvalue weighted by Gasteiger charge is 2.20. The van der Waals surface area contributed by atoms with Gasteiger partial charge in [-0.05, 0) is 19.9 Å². The van der Waals surface area contributed by atoms with Crippen LogP contribution in [0, 0.1) is 5.82 Å². The van der Waals surface area contributed by atoms with Crippen LogP contribution >= 0.6 is 0 Å². The van der Waals surface area contributed by atoms with E-state index in [2.05, 4.69) is 0 Å². The number of Topliss-reactive ketones (excluding diaryl/α,β-unsaturated/α-hetero) is 1. The number of amides is 1. The van der Waals surface area contributed by atoms with Crippen LogP contribution in [0.25, 0.3) is 0 Å². The highest BCUT2D eigenvalue weighted by molar-refractivity contribution is 5.96. The molecule has 1 rings (SSSR count). The summed E-state index contributed by atoms with van der Waals surface area (Å²) in [5.74, 6) is -0.835. The molecule has 3 nitrogen and oxygen atoms in total. The number of hydrogen-bond donors (Lipinski definition) is 0. The van der Waals surface area contributed by atoms with Gasteiger partial charge < -0.3 is 4.90 Å². The fourth-order valence-electron chi connectivity index (χ4n) is 1.58. The van der Waals surface area contributed by atoms with Crippen LogP contribution in [0.4, 0.5) is 4.39 Å². The highest BCUT2D eigenvalue weighted by Crippen LogP contribution is 2.21. The molecular weight excluding hydrogens is 221 g/mol. The lowest BCUT2D eigenvalue weighted by atomic mass is 10.1. The van der Waals surface area contributed by atoms with Crippen LogP contribution in [0.1, 0.15) is 31.9 Å². The summed E-state index contributed by atoms with van der Waals surface area (Å²) in [6.45, 7) is 3.09. The van der Waals surface area contributed by atoms with Crippen molar-refractivity contribution in [3.8, 4) is 0 Å². The fraction of sp³-hybridized carbons (Fsp3) is 0.385. The van der Waals surface area contributed by atoms with Crippen molar-refractivity contribution in [1.82, 2.24) is 4.90 Å². The van der Waals surface area contributed by atoms with Crippen molar-refractivity contribution in [2.45, 2.75) is 26.3 Å². The SMILES string of the molecule is CC(=O)CC(=O)N(C)C(C)c1ccccc1F. The molecule has 1 atom stereocenters. The first kappa shape index (κ1) is 13.4. The summed E-state index contributed by atoms with van der Waals surface area (Å²) >= 11 is 0. The Bertz CT molecular complexity index is 431. The number of benzene rings is 1. The van der Waals surface area contributed by atoms with E-state index in [-0.39, 0.29) is 30.0 Å². The Hall–Kier alpha value is -1.71. The predicted molar refractivity (Wildman–Crippen MR) is 62.9 cm³/mol. The van der Waals surface area contributed by atoms with Gasteiger partial charge in [-0.2, -0.15) is 0 Å². The molecule has 0 spiro atoms. The predicted octanol–water partition coefficient (Wildman–Crippen LogP) is 2.32. The first-order chi connectivity index (χ1) is 7.93. The summed E-state index contributed by atoms with van der Waals surface area (Å²) < 4.78 is 13.5. The average Bonchev–Trinajstić information content (AvgIpc) is 2.27. The lowest BCUT2D eigenvalue weighted by molar-refractivity contribution is -0.135. The number of rotatable bonds is 4. The van der Waals surface area contributed by atoms with Gasteiger partial charge in [0, 0.05) is 12.6 Å². The summed E-state index contributed by atoms with van der Waals surface area (Å²) in [4.78, 5) is 23.9. The van der Waals surface area contributed by atoms with Gasteiger partial charge >= 0.3 is 0 Å². The molecule has 0 radical (unpaired) electrons. The van der Waals surface area contributed by atoms with E-state index in [1.807, 2.05) is 0 Å². The van der Waals surface area contributed by atoms with Crippen molar-refractivity contribution in [3.05, 3.63) is 35.6 Å². The van der Waals surface area contributed by atoms with Gasteiger partial charge in [-0.1, -0.05) is 18.2 Å². The summed E-state index contributed by atoms with van der Waals surface area (Å²) in [7, 11) is 1.57. The molecule has 0 aromatic heterocycles. The molecule has 0 heterocycles. The molecule has 1 amide bonds. The van der Waals surface area contributed by atoms with Crippen LogP contribution in [-0.4, -0.2) is 23.6 Å². The van der Waals surface area contributed by atoms with Crippen LogP contribution in [0.3, 0.4) is 0 Å². The Labute approximate surface area is 100 Å². The van der Waals surface area contributed by atoms with E-state index in [1.165, 1.54) is 17.9 Å². The minimum atomic E-state index is -0.386. The lowest BCUT2D eigenvalue weighted by Gasteiger charge is -2.25. The van der Waals surface area contributed by atoms with Crippen molar-refractivity contribution in [2.24, 2.45) is 0 Å². The third kappa shape index (κ3) is 3.37. The maximum atomic E-state index is 13.5. The first-order valence-corrected chi connectivity index (χ1v) is 5.43. The van der Waals surface area contributed by atoms with E-state index in [9.17, 15) is 14.0 Å². The van der Waals surface area contributed by atoms with E-state index in [0.29, 0.717) is 5.56 Å². The molecule has 0 aliphatic rings. The summed E-state index contributed by atoms with van der Waals surface area (Å²) in [6.07, 6.45) is -0.144. The molecular formula is C13H16FNO2. The van der Waals surface area contributed by atoms with Gasteiger partial charge in [0.15, 0.2) is 0 Å². The zero-order valence-corrected chi connectivity index (χ0v) is 10.2. The average molecular weight is 237 g/mol. The van der Waals surface area contributed by atoms with Crippen LogP contribution < -0.4 is 0 Å². The summed E-state index contributed by atoms with van der Waals surface area (Å²) in [5, 5.41) is 0. The second-order valence-electron chi connectivity index (χ2n) is 4.08. The smallest absolute Gasteiger partial charge is 0.230 e. The van der Waals surface area contributed by atoms with Crippen LogP contribution in [-0.2, 0) is 9.59 Å². The van der Waals surface area contributed by atoms with E-state index < -0.39 is 0 Å². The number of nitrogens with zero attached hydrogens (tertiary/aromatic N) is 1. The largest absolute Gasteiger partial charge is 0.339 e. The first-order valence-electron chi connectivity index (χ1n) is 5.43. The maximum absolute atomic E-state index is 13.5. The van der Waals surface area contributed by atoms with E-state index >= 15 is 0 Å². The van der Waals surface area contributed by atoms with E-state index in [0.717, 1.165) is 0 Å².